The predicted octanol–water partition coefficient (Wildman–Crippen LogP) is 3.70. The first-order valence-corrected chi connectivity index (χ1v) is 10.4. The van der Waals surface area contributed by atoms with Crippen molar-refractivity contribution in [3.8, 4) is 0 Å². The molecule has 1 aromatic rings. The van der Waals surface area contributed by atoms with Crippen LogP contribution in [0, 0.1) is 17.8 Å². The molecule has 2 heterocycles. The molecule has 2 fully saturated rings. The average molecular weight is 388 g/mol. The highest BCUT2D eigenvalue weighted by Gasteiger charge is 2.27. The number of hydrogen-bond acceptors (Lipinski definition) is 4. The first-order chi connectivity index (χ1) is 13.4. The molecular weight excluding hydrogens is 354 g/mol. The summed E-state index contributed by atoms with van der Waals surface area (Å²) in [7, 11) is 1.36. The van der Waals surface area contributed by atoms with E-state index in [2.05, 4.69) is 24.1 Å². The molecule has 0 bridgehead atoms. The van der Waals surface area contributed by atoms with E-state index in [4.69, 9.17) is 4.74 Å². The van der Waals surface area contributed by atoms with Crippen LogP contribution in [0.3, 0.4) is 0 Å². The summed E-state index contributed by atoms with van der Waals surface area (Å²) in [5.41, 5.74) is 1.17. The van der Waals surface area contributed by atoms with Crippen LogP contribution in [-0.4, -0.2) is 61.6 Å². The number of esters is 1. The Morgan fingerprint density at radius 3 is 2.25 bits per heavy atom. The van der Waals surface area contributed by atoms with Gasteiger partial charge in [0.05, 0.1) is 12.7 Å². The molecular formula is C22H33N3O3. The summed E-state index contributed by atoms with van der Waals surface area (Å²) >= 11 is 0. The molecule has 0 aromatic heterocycles. The average Bonchev–Trinajstić information content (AvgIpc) is 2.67. The van der Waals surface area contributed by atoms with Crippen molar-refractivity contribution in [3.63, 3.8) is 0 Å². The fourth-order valence-electron chi connectivity index (χ4n) is 4.63. The van der Waals surface area contributed by atoms with Crippen molar-refractivity contribution in [1.82, 2.24) is 9.80 Å². The van der Waals surface area contributed by atoms with Crippen molar-refractivity contribution in [2.45, 2.75) is 33.1 Å². The van der Waals surface area contributed by atoms with E-state index in [0.717, 1.165) is 37.8 Å². The molecule has 0 saturated carbocycles. The Labute approximate surface area is 168 Å². The normalized spacial score (nSPS) is 24.0. The van der Waals surface area contributed by atoms with Gasteiger partial charge in [0.25, 0.3) is 0 Å². The summed E-state index contributed by atoms with van der Waals surface area (Å²) in [5.74, 6) is 1.89. The second-order valence-electron chi connectivity index (χ2n) is 8.59. The Hall–Kier alpha value is -2.08. The Morgan fingerprint density at radius 1 is 1.07 bits per heavy atom. The van der Waals surface area contributed by atoms with E-state index in [1.54, 1.807) is 24.3 Å². The van der Waals surface area contributed by atoms with E-state index in [1.165, 1.54) is 33.2 Å². The summed E-state index contributed by atoms with van der Waals surface area (Å²) < 4.78 is 4.69. The fourth-order valence-corrected chi connectivity index (χ4v) is 4.63. The quantitative estimate of drug-likeness (QED) is 0.801. The van der Waals surface area contributed by atoms with Crippen LogP contribution in [0.15, 0.2) is 24.3 Å². The monoisotopic (exact) mass is 387 g/mol. The van der Waals surface area contributed by atoms with Crippen molar-refractivity contribution in [3.05, 3.63) is 29.8 Å². The number of hydrogen-bond donors (Lipinski definition) is 1. The number of carbonyl (C=O) groups excluding carboxylic acids is 2. The third-order valence-corrected chi connectivity index (χ3v) is 5.92. The molecule has 2 amide bonds. The number of likely N-dealkylation sites (tertiary alicyclic amines) is 2. The summed E-state index contributed by atoms with van der Waals surface area (Å²) in [5, 5.41) is 2.93. The van der Waals surface area contributed by atoms with Gasteiger partial charge < -0.3 is 19.9 Å². The fraction of sp³-hybridized carbons (Fsp3) is 0.636. The first-order valence-electron chi connectivity index (χ1n) is 10.4. The van der Waals surface area contributed by atoms with Gasteiger partial charge in [-0.25, -0.2) is 9.59 Å². The number of anilines is 1. The Balaban J connectivity index is 1.44. The zero-order chi connectivity index (χ0) is 20.1. The van der Waals surface area contributed by atoms with E-state index in [-0.39, 0.29) is 12.0 Å². The van der Waals surface area contributed by atoms with Gasteiger partial charge >= 0.3 is 12.0 Å². The molecule has 2 unspecified atom stereocenters. The van der Waals surface area contributed by atoms with Crippen molar-refractivity contribution >= 4 is 17.7 Å². The lowest BCUT2D eigenvalue weighted by Gasteiger charge is -2.39. The number of benzene rings is 1. The minimum atomic E-state index is -0.377. The third kappa shape index (κ3) is 5.47. The van der Waals surface area contributed by atoms with Gasteiger partial charge in [-0.2, -0.15) is 0 Å². The summed E-state index contributed by atoms with van der Waals surface area (Å²) in [6.07, 6.45) is 3.47. The number of rotatable bonds is 4. The molecule has 0 aliphatic carbocycles. The summed E-state index contributed by atoms with van der Waals surface area (Å²) in [4.78, 5) is 28.5. The number of methoxy groups -OCH3 is 1. The SMILES string of the molecule is COC(=O)c1ccc(NC(=O)N2CCC(CN3CC(C)CC(C)C3)CC2)cc1. The molecule has 28 heavy (non-hydrogen) atoms. The molecule has 2 aliphatic heterocycles. The highest BCUT2D eigenvalue weighted by Crippen LogP contribution is 2.25. The topological polar surface area (TPSA) is 61.9 Å². The van der Waals surface area contributed by atoms with Crippen molar-refractivity contribution in [2.75, 3.05) is 45.2 Å². The maximum Gasteiger partial charge on any atom is 0.337 e. The van der Waals surface area contributed by atoms with Crippen LogP contribution in [0.25, 0.3) is 0 Å². The number of carbonyl (C=O) groups is 2. The van der Waals surface area contributed by atoms with Gasteiger partial charge in [-0.15, -0.1) is 0 Å². The van der Waals surface area contributed by atoms with Crippen molar-refractivity contribution in [1.29, 1.82) is 0 Å². The van der Waals surface area contributed by atoms with E-state index >= 15 is 0 Å². The van der Waals surface area contributed by atoms with Gasteiger partial charge in [0, 0.05) is 38.4 Å². The molecule has 1 aromatic carbocycles. The zero-order valence-electron chi connectivity index (χ0n) is 17.3. The molecule has 2 saturated heterocycles. The molecule has 1 N–H and O–H groups in total. The number of nitrogens with zero attached hydrogens (tertiary/aromatic N) is 2. The van der Waals surface area contributed by atoms with Gasteiger partial charge in [0.2, 0.25) is 0 Å². The van der Waals surface area contributed by atoms with Crippen LogP contribution >= 0.6 is 0 Å². The molecule has 3 rings (SSSR count). The molecule has 6 nitrogen and oxygen atoms in total. The molecule has 2 atom stereocenters. The van der Waals surface area contributed by atoms with Crippen LogP contribution in [-0.2, 0) is 4.74 Å². The standard InChI is InChI=1S/C22H33N3O3/c1-16-12-17(2)14-24(13-16)15-18-8-10-25(11-9-18)22(27)23-20-6-4-19(5-7-20)21(26)28-3/h4-7,16-18H,8-15H2,1-3H3,(H,23,27). The molecule has 0 spiro atoms. The molecule has 6 heteroatoms. The highest BCUT2D eigenvalue weighted by atomic mass is 16.5. The van der Waals surface area contributed by atoms with Crippen LogP contribution < -0.4 is 5.32 Å². The van der Waals surface area contributed by atoms with Gasteiger partial charge in [-0.3, -0.25) is 0 Å². The maximum atomic E-state index is 12.5. The lowest BCUT2D eigenvalue weighted by molar-refractivity contribution is 0.0600. The minimum absolute atomic E-state index is 0.0653. The number of amides is 2. The third-order valence-electron chi connectivity index (χ3n) is 5.92. The van der Waals surface area contributed by atoms with Crippen molar-refractivity contribution in [2.24, 2.45) is 17.8 Å². The largest absolute Gasteiger partial charge is 0.465 e. The number of piperidine rings is 2. The minimum Gasteiger partial charge on any atom is -0.465 e. The Kier molecular flexibility index (Phi) is 6.94. The van der Waals surface area contributed by atoms with Gasteiger partial charge in [0.1, 0.15) is 0 Å². The molecule has 154 valence electrons. The lowest BCUT2D eigenvalue weighted by atomic mass is 9.89. The first kappa shape index (κ1) is 20.6. The number of urea groups is 1. The summed E-state index contributed by atoms with van der Waals surface area (Å²) in [6.45, 7) is 9.91. The Morgan fingerprint density at radius 2 is 1.68 bits per heavy atom. The lowest BCUT2D eigenvalue weighted by Crippen LogP contribution is -2.46. The Bertz CT molecular complexity index is 658. The van der Waals surface area contributed by atoms with Crippen LogP contribution in [0.5, 0.6) is 0 Å². The molecule has 0 radical (unpaired) electrons. The van der Waals surface area contributed by atoms with E-state index in [0.29, 0.717) is 17.2 Å². The number of nitrogens with one attached hydrogen (secondary N) is 1. The van der Waals surface area contributed by atoms with Gasteiger partial charge in [-0.05, 0) is 61.3 Å². The van der Waals surface area contributed by atoms with Gasteiger partial charge in [-0.1, -0.05) is 13.8 Å². The van der Waals surface area contributed by atoms with E-state index in [9.17, 15) is 9.59 Å². The smallest absolute Gasteiger partial charge is 0.337 e. The number of ether oxygens (including phenoxy) is 1. The highest BCUT2D eigenvalue weighted by molar-refractivity contribution is 5.92. The summed E-state index contributed by atoms with van der Waals surface area (Å²) in [6, 6.07) is 6.72. The van der Waals surface area contributed by atoms with Crippen LogP contribution in [0.2, 0.25) is 0 Å². The van der Waals surface area contributed by atoms with Crippen LogP contribution in [0.4, 0.5) is 10.5 Å². The van der Waals surface area contributed by atoms with Crippen LogP contribution in [0.1, 0.15) is 43.5 Å². The second-order valence-corrected chi connectivity index (χ2v) is 8.59. The second kappa shape index (κ2) is 9.41. The molecule has 2 aliphatic rings. The van der Waals surface area contributed by atoms with Gasteiger partial charge in [0.15, 0.2) is 0 Å². The predicted molar refractivity (Wildman–Crippen MR) is 110 cm³/mol. The van der Waals surface area contributed by atoms with Crippen molar-refractivity contribution < 1.29 is 14.3 Å². The maximum absolute atomic E-state index is 12.5. The zero-order valence-corrected chi connectivity index (χ0v) is 17.3. The van der Waals surface area contributed by atoms with E-state index in [1.807, 2.05) is 4.90 Å². The van der Waals surface area contributed by atoms with E-state index < -0.39 is 0 Å².